The molecule has 1 aliphatic heterocycles. The number of aromatic amines is 1. The lowest BCUT2D eigenvalue weighted by Gasteiger charge is -2.13. The van der Waals surface area contributed by atoms with Crippen molar-refractivity contribution in [2.75, 3.05) is 13.1 Å². The second-order valence-corrected chi connectivity index (χ2v) is 6.16. The molecule has 1 aliphatic rings. The molecule has 4 rings (SSSR count). The van der Waals surface area contributed by atoms with Gasteiger partial charge in [0, 0.05) is 24.9 Å². The number of fused-ring (bicyclic) bond motifs is 1. The summed E-state index contributed by atoms with van der Waals surface area (Å²) in [6.45, 7) is 4.01. The van der Waals surface area contributed by atoms with Gasteiger partial charge >= 0.3 is 0 Å². The smallest absolute Gasteiger partial charge is 0.258 e. The molecule has 0 spiro atoms. The number of nitrogens with zero attached hydrogens (tertiary/aromatic N) is 2. The van der Waals surface area contributed by atoms with Crippen molar-refractivity contribution in [3.63, 3.8) is 0 Å². The molecular weight excluding hydrogens is 288 g/mol. The zero-order chi connectivity index (χ0) is 15.8. The van der Waals surface area contributed by atoms with E-state index >= 15 is 0 Å². The highest BCUT2D eigenvalue weighted by Gasteiger charge is 2.27. The lowest BCUT2D eigenvalue weighted by Crippen LogP contribution is -2.18. The summed E-state index contributed by atoms with van der Waals surface area (Å²) in [4.78, 5) is 24.2. The Kier molecular flexibility index (Phi) is 3.42. The molecule has 116 valence electrons. The Bertz CT molecular complexity index is 904. The van der Waals surface area contributed by atoms with Gasteiger partial charge in [-0.1, -0.05) is 13.0 Å². The van der Waals surface area contributed by atoms with Crippen LogP contribution in [0.25, 0.3) is 22.0 Å². The van der Waals surface area contributed by atoms with Gasteiger partial charge in [0.15, 0.2) is 0 Å². The molecule has 3 aromatic rings. The topological polar surface area (TPSA) is 70.7 Å². The zero-order valence-corrected chi connectivity index (χ0v) is 12.9. The van der Waals surface area contributed by atoms with Crippen LogP contribution in [0, 0.1) is 5.92 Å². The van der Waals surface area contributed by atoms with Gasteiger partial charge in [0.2, 0.25) is 0 Å². The molecule has 23 heavy (non-hydrogen) atoms. The van der Waals surface area contributed by atoms with Crippen LogP contribution in [-0.2, 0) is 0 Å². The van der Waals surface area contributed by atoms with Crippen molar-refractivity contribution in [1.82, 2.24) is 20.3 Å². The maximum atomic E-state index is 12.5. The highest BCUT2D eigenvalue weighted by molar-refractivity contribution is 5.83. The first kappa shape index (κ1) is 14.1. The summed E-state index contributed by atoms with van der Waals surface area (Å²) in [6.07, 6.45) is 3.50. The third-order valence-electron chi connectivity index (χ3n) is 4.61. The van der Waals surface area contributed by atoms with E-state index in [-0.39, 0.29) is 11.5 Å². The van der Waals surface area contributed by atoms with E-state index in [0.717, 1.165) is 35.6 Å². The third kappa shape index (κ3) is 2.53. The van der Waals surface area contributed by atoms with Crippen molar-refractivity contribution < 1.29 is 0 Å². The van der Waals surface area contributed by atoms with Gasteiger partial charge in [-0.2, -0.15) is 0 Å². The van der Waals surface area contributed by atoms with Gasteiger partial charge in [-0.15, -0.1) is 0 Å². The minimum Gasteiger partial charge on any atom is -0.316 e. The predicted octanol–water partition coefficient (Wildman–Crippen LogP) is 2.31. The minimum atomic E-state index is -0.0694. The van der Waals surface area contributed by atoms with Crippen LogP contribution in [-0.4, -0.2) is 28.0 Å². The summed E-state index contributed by atoms with van der Waals surface area (Å²) in [7, 11) is 0. The summed E-state index contributed by atoms with van der Waals surface area (Å²) in [5.74, 6) is 1.54. The first-order chi connectivity index (χ1) is 11.2. The van der Waals surface area contributed by atoms with Gasteiger partial charge in [-0.05, 0) is 47.9 Å². The van der Waals surface area contributed by atoms with Crippen LogP contribution in [0.15, 0.2) is 47.5 Å². The average Bonchev–Trinajstić information content (AvgIpc) is 3.01. The van der Waals surface area contributed by atoms with E-state index in [0.29, 0.717) is 11.3 Å². The quantitative estimate of drug-likeness (QED) is 0.762. The molecule has 5 nitrogen and oxygen atoms in total. The summed E-state index contributed by atoms with van der Waals surface area (Å²) in [5.41, 5.74) is 2.72. The Morgan fingerprint density at radius 3 is 2.65 bits per heavy atom. The molecule has 2 N–H and O–H groups in total. The van der Waals surface area contributed by atoms with Gasteiger partial charge in [-0.3, -0.25) is 9.78 Å². The highest BCUT2D eigenvalue weighted by Crippen LogP contribution is 2.26. The molecule has 0 bridgehead atoms. The maximum absolute atomic E-state index is 12.5. The van der Waals surface area contributed by atoms with Crippen LogP contribution < -0.4 is 10.9 Å². The molecule has 1 saturated heterocycles. The lowest BCUT2D eigenvalue weighted by molar-refractivity contribution is 0.546. The van der Waals surface area contributed by atoms with E-state index in [9.17, 15) is 4.79 Å². The minimum absolute atomic E-state index is 0.0694. The van der Waals surface area contributed by atoms with Crippen molar-refractivity contribution in [2.45, 2.75) is 12.8 Å². The van der Waals surface area contributed by atoms with Gasteiger partial charge < -0.3 is 10.3 Å². The van der Waals surface area contributed by atoms with Crippen LogP contribution >= 0.6 is 0 Å². The monoisotopic (exact) mass is 306 g/mol. The molecule has 2 unspecified atom stereocenters. The van der Waals surface area contributed by atoms with E-state index in [4.69, 9.17) is 4.98 Å². The molecule has 2 atom stereocenters. The fourth-order valence-electron chi connectivity index (χ4n) is 3.23. The number of aromatic nitrogens is 3. The van der Waals surface area contributed by atoms with Crippen molar-refractivity contribution in [1.29, 1.82) is 0 Å². The number of hydrogen-bond donors (Lipinski definition) is 2. The third-order valence-corrected chi connectivity index (χ3v) is 4.61. The fourth-order valence-corrected chi connectivity index (χ4v) is 3.23. The van der Waals surface area contributed by atoms with Crippen molar-refractivity contribution in [3.05, 3.63) is 58.9 Å². The van der Waals surface area contributed by atoms with Crippen LogP contribution in [0.1, 0.15) is 18.7 Å². The Balaban J connectivity index is 1.81. The summed E-state index contributed by atoms with van der Waals surface area (Å²) >= 11 is 0. The van der Waals surface area contributed by atoms with Crippen LogP contribution in [0.4, 0.5) is 0 Å². The highest BCUT2D eigenvalue weighted by atomic mass is 16.1. The second kappa shape index (κ2) is 5.59. The lowest BCUT2D eigenvalue weighted by atomic mass is 9.97. The van der Waals surface area contributed by atoms with Gasteiger partial charge in [-0.25, -0.2) is 4.98 Å². The number of rotatable bonds is 2. The number of nitrogens with one attached hydrogen (secondary N) is 2. The summed E-state index contributed by atoms with van der Waals surface area (Å²) in [5, 5.41) is 3.98. The number of benzene rings is 1. The molecular formula is C18H18N4O. The molecule has 0 saturated carbocycles. The molecule has 0 amide bonds. The molecule has 5 heteroatoms. The van der Waals surface area contributed by atoms with Gasteiger partial charge in [0.05, 0.1) is 10.9 Å². The Morgan fingerprint density at radius 1 is 1.09 bits per heavy atom. The normalized spacial score (nSPS) is 20.9. The van der Waals surface area contributed by atoms with E-state index in [1.807, 2.05) is 30.3 Å². The first-order valence-electron chi connectivity index (χ1n) is 7.87. The van der Waals surface area contributed by atoms with Crippen molar-refractivity contribution in [3.8, 4) is 11.1 Å². The van der Waals surface area contributed by atoms with Gasteiger partial charge in [0.1, 0.15) is 5.82 Å². The average molecular weight is 306 g/mol. The van der Waals surface area contributed by atoms with E-state index in [1.54, 1.807) is 12.4 Å². The molecule has 0 radical (unpaired) electrons. The molecule has 1 fully saturated rings. The van der Waals surface area contributed by atoms with Crippen LogP contribution in [0.3, 0.4) is 0 Å². The van der Waals surface area contributed by atoms with E-state index in [2.05, 4.69) is 22.2 Å². The number of hydrogen-bond acceptors (Lipinski definition) is 4. The number of pyridine rings is 1. The Morgan fingerprint density at radius 2 is 1.91 bits per heavy atom. The van der Waals surface area contributed by atoms with Crippen molar-refractivity contribution in [2.24, 2.45) is 5.92 Å². The second-order valence-electron chi connectivity index (χ2n) is 6.16. The van der Waals surface area contributed by atoms with Crippen LogP contribution in [0.2, 0.25) is 0 Å². The molecule has 1 aromatic carbocycles. The van der Waals surface area contributed by atoms with Crippen molar-refractivity contribution >= 4 is 10.9 Å². The maximum Gasteiger partial charge on any atom is 0.258 e. The summed E-state index contributed by atoms with van der Waals surface area (Å²) < 4.78 is 0. The van der Waals surface area contributed by atoms with E-state index < -0.39 is 0 Å². The standard InChI is InChI=1S/C18H18N4O/c1-11-9-20-10-15(11)17-21-16-3-2-13(8-14(16)18(23)22-17)12-4-6-19-7-5-12/h2-8,11,15,20H,9-10H2,1H3,(H,21,22,23). The fraction of sp³-hybridized carbons (Fsp3) is 0.278. The van der Waals surface area contributed by atoms with Crippen LogP contribution in [0.5, 0.6) is 0 Å². The van der Waals surface area contributed by atoms with Gasteiger partial charge in [0.25, 0.3) is 5.56 Å². The first-order valence-corrected chi connectivity index (χ1v) is 7.87. The largest absolute Gasteiger partial charge is 0.316 e. The molecule has 3 heterocycles. The molecule has 0 aliphatic carbocycles. The molecule has 2 aromatic heterocycles. The summed E-state index contributed by atoms with van der Waals surface area (Å²) in [6, 6.07) is 9.70. The zero-order valence-electron chi connectivity index (χ0n) is 12.9. The predicted molar refractivity (Wildman–Crippen MR) is 90.4 cm³/mol. The Hall–Kier alpha value is -2.53. The van der Waals surface area contributed by atoms with E-state index in [1.165, 1.54) is 0 Å². The SMILES string of the molecule is CC1CNCC1c1nc2ccc(-c3ccncc3)cc2c(=O)[nH]1. The number of H-pyrrole nitrogens is 1. The Labute approximate surface area is 133 Å².